The molecule has 9 nitrogen and oxygen atoms in total. The summed E-state index contributed by atoms with van der Waals surface area (Å²) in [5, 5.41) is 10.9. The molecule has 0 saturated carbocycles. The summed E-state index contributed by atoms with van der Waals surface area (Å²) < 4.78 is 53.5. The van der Waals surface area contributed by atoms with Gasteiger partial charge in [-0.3, -0.25) is 13.2 Å². The molecule has 1 fully saturated rings. The van der Waals surface area contributed by atoms with Crippen LogP contribution in [0.5, 0.6) is 0 Å². The molecule has 0 bridgehead atoms. The van der Waals surface area contributed by atoms with Crippen molar-refractivity contribution in [3.63, 3.8) is 0 Å². The zero-order valence-electron chi connectivity index (χ0n) is 21.2. The molecule has 1 aliphatic heterocycles. The second-order valence-corrected chi connectivity index (χ2v) is 13.4. The van der Waals surface area contributed by atoms with E-state index in [-0.39, 0.29) is 9.64 Å². The minimum absolute atomic E-state index is 0.0324. The Kier molecular flexibility index (Phi) is 10.5. The summed E-state index contributed by atoms with van der Waals surface area (Å²) in [6.45, 7) is 8.31. The van der Waals surface area contributed by atoms with E-state index in [2.05, 4.69) is 0 Å². The number of carbonyl (C=O) groups excluding carboxylic acids is 1. The summed E-state index contributed by atoms with van der Waals surface area (Å²) in [6, 6.07) is 15.4. The molecule has 3 rings (SSSR count). The molecule has 0 amide bonds. The van der Waals surface area contributed by atoms with Crippen molar-refractivity contribution >= 4 is 40.2 Å². The molecule has 0 aliphatic carbocycles. The highest BCUT2D eigenvalue weighted by molar-refractivity contribution is 7.96. The Morgan fingerprint density at radius 3 is 2.24 bits per heavy atom. The number of aryl methyl sites for hydroxylation is 1. The first kappa shape index (κ1) is 29.9. The van der Waals surface area contributed by atoms with E-state index in [1.54, 1.807) is 12.1 Å². The standard InChI is InChI=1S/C25H32O9S3/c1-16-11-13-19(14-12-16)37(28,29)30-15-20-21(31-17(2)26)22(34-36-25(3,4)5)23(24(27)32-20)33-35-18-9-7-6-8-10-18/h6-14,20-24,27H,15H2,1-5H3/t20-,21-,22+,23-,24+/m1/s1. The third-order valence-electron chi connectivity index (χ3n) is 5.02. The van der Waals surface area contributed by atoms with Gasteiger partial charge in [0.2, 0.25) is 0 Å². The average Bonchev–Trinajstić information content (AvgIpc) is 2.82. The van der Waals surface area contributed by atoms with Gasteiger partial charge in [0.15, 0.2) is 18.5 Å². The number of aliphatic hydroxyl groups excluding tert-OH is 1. The minimum atomic E-state index is -4.14. The smallest absolute Gasteiger partial charge is 0.303 e. The second kappa shape index (κ2) is 12.9. The molecule has 2 aromatic carbocycles. The number of ether oxygens (including phenoxy) is 2. The van der Waals surface area contributed by atoms with Crippen LogP contribution in [0.2, 0.25) is 0 Å². The van der Waals surface area contributed by atoms with Crippen LogP contribution in [-0.2, 0) is 36.9 Å². The van der Waals surface area contributed by atoms with Crippen molar-refractivity contribution in [2.45, 2.75) is 79.9 Å². The second-order valence-electron chi connectivity index (χ2n) is 9.40. The molecule has 2 aromatic rings. The van der Waals surface area contributed by atoms with Gasteiger partial charge in [-0.05, 0) is 64.0 Å². The first-order chi connectivity index (χ1) is 17.4. The number of hydrogen-bond donors (Lipinski definition) is 1. The average molecular weight is 573 g/mol. The van der Waals surface area contributed by atoms with Crippen LogP contribution in [0.25, 0.3) is 0 Å². The zero-order valence-corrected chi connectivity index (χ0v) is 23.7. The van der Waals surface area contributed by atoms with Crippen molar-refractivity contribution in [1.82, 2.24) is 0 Å². The van der Waals surface area contributed by atoms with Gasteiger partial charge in [0.05, 0.1) is 11.5 Å². The van der Waals surface area contributed by atoms with Gasteiger partial charge in [-0.1, -0.05) is 35.9 Å². The molecule has 0 radical (unpaired) electrons. The van der Waals surface area contributed by atoms with Gasteiger partial charge in [-0.25, -0.2) is 0 Å². The van der Waals surface area contributed by atoms with Crippen molar-refractivity contribution < 1.29 is 40.3 Å². The van der Waals surface area contributed by atoms with Crippen molar-refractivity contribution in [3.8, 4) is 0 Å². The maximum absolute atomic E-state index is 12.7. The van der Waals surface area contributed by atoms with Gasteiger partial charge < -0.3 is 18.8 Å². The van der Waals surface area contributed by atoms with Gasteiger partial charge in [0.1, 0.15) is 12.2 Å². The number of rotatable bonds is 10. The van der Waals surface area contributed by atoms with Crippen LogP contribution in [0.1, 0.15) is 33.3 Å². The Hall–Kier alpha value is -1.64. The molecular weight excluding hydrogens is 540 g/mol. The van der Waals surface area contributed by atoms with Gasteiger partial charge in [-0.2, -0.15) is 8.42 Å². The van der Waals surface area contributed by atoms with E-state index in [1.807, 2.05) is 58.0 Å². The first-order valence-electron chi connectivity index (χ1n) is 11.6. The molecule has 37 heavy (non-hydrogen) atoms. The Morgan fingerprint density at radius 1 is 1.00 bits per heavy atom. The predicted octanol–water partition coefficient (Wildman–Crippen LogP) is 4.27. The van der Waals surface area contributed by atoms with Crippen molar-refractivity contribution in [2.75, 3.05) is 6.61 Å². The maximum Gasteiger partial charge on any atom is 0.303 e. The van der Waals surface area contributed by atoms with E-state index in [4.69, 9.17) is 22.0 Å². The minimum Gasteiger partial charge on any atom is -0.457 e. The molecule has 1 N–H and O–H groups in total. The normalized spacial score (nSPS) is 24.5. The summed E-state index contributed by atoms with van der Waals surface area (Å²) in [4.78, 5) is 12.8. The van der Waals surface area contributed by atoms with E-state index in [0.717, 1.165) is 34.5 Å². The Bertz CT molecular complexity index is 1120. The lowest BCUT2D eigenvalue weighted by Gasteiger charge is -2.43. The van der Waals surface area contributed by atoms with Crippen LogP contribution in [0.3, 0.4) is 0 Å². The Morgan fingerprint density at radius 2 is 1.65 bits per heavy atom. The van der Waals surface area contributed by atoms with Gasteiger partial charge >= 0.3 is 5.97 Å². The molecule has 5 atom stereocenters. The number of esters is 1. The third-order valence-corrected chi connectivity index (χ3v) is 7.91. The topological polar surface area (TPSA) is 118 Å². The van der Waals surface area contributed by atoms with E-state index in [9.17, 15) is 18.3 Å². The summed E-state index contributed by atoms with van der Waals surface area (Å²) in [7, 11) is -4.14. The molecule has 0 aromatic heterocycles. The van der Waals surface area contributed by atoms with E-state index in [0.29, 0.717) is 0 Å². The van der Waals surface area contributed by atoms with Crippen LogP contribution < -0.4 is 0 Å². The Labute approximate surface area is 226 Å². The lowest BCUT2D eigenvalue weighted by Crippen LogP contribution is -2.61. The van der Waals surface area contributed by atoms with Gasteiger partial charge in [0, 0.05) is 28.6 Å². The molecule has 0 spiro atoms. The fraction of sp³-hybridized carbons (Fsp3) is 0.480. The van der Waals surface area contributed by atoms with Crippen LogP contribution in [-0.4, -0.2) is 61.6 Å². The van der Waals surface area contributed by atoms with Crippen LogP contribution in [0.4, 0.5) is 0 Å². The molecule has 1 saturated heterocycles. The Balaban J connectivity index is 1.83. The highest BCUT2D eigenvalue weighted by Crippen LogP contribution is 2.37. The van der Waals surface area contributed by atoms with Gasteiger partial charge in [-0.15, -0.1) is 0 Å². The first-order valence-corrected chi connectivity index (χ1v) is 14.4. The van der Waals surface area contributed by atoms with Crippen molar-refractivity contribution in [2.24, 2.45) is 0 Å². The lowest BCUT2D eigenvalue weighted by molar-refractivity contribution is -0.274. The predicted molar refractivity (Wildman–Crippen MR) is 140 cm³/mol. The van der Waals surface area contributed by atoms with Crippen LogP contribution in [0, 0.1) is 6.92 Å². The summed E-state index contributed by atoms with van der Waals surface area (Å²) >= 11 is 2.13. The van der Waals surface area contributed by atoms with Gasteiger partial charge in [0.25, 0.3) is 10.1 Å². The fourth-order valence-electron chi connectivity index (χ4n) is 3.29. The van der Waals surface area contributed by atoms with E-state index in [1.165, 1.54) is 19.1 Å². The maximum atomic E-state index is 12.7. The number of hydrogen-bond acceptors (Lipinski definition) is 11. The monoisotopic (exact) mass is 572 g/mol. The quantitative estimate of drug-likeness (QED) is 0.250. The summed E-state index contributed by atoms with van der Waals surface area (Å²) in [6.07, 6.45) is -5.90. The number of aliphatic hydroxyl groups is 1. The molecular formula is C25H32O9S3. The molecule has 1 aliphatic rings. The molecule has 204 valence electrons. The van der Waals surface area contributed by atoms with E-state index < -0.39 is 53.4 Å². The summed E-state index contributed by atoms with van der Waals surface area (Å²) in [5.74, 6) is -0.639. The number of benzene rings is 2. The molecule has 0 unspecified atom stereocenters. The van der Waals surface area contributed by atoms with Crippen molar-refractivity contribution in [1.29, 1.82) is 0 Å². The molecule has 12 heteroatoms. The SMILES string of the molecule is CC(=O)O[C@H]1[C@H](OSC(C)(C)C)[C@@H](OSc2ccccc2)[C@@H](O)O[C@@H]1COS(=O)(=O)c1ccc(C)cc1. The zero-order chi connectivity index (χ0) is 27.2. The van der Waals surface area contributed by atoms with Crippen LogP contribution >= 0.6 is 24.1 Å². The number of carbonyl (C=O) groups is 1. The van der Waals surface area contributed by atoms with E-state index >= 15 is 0 Å². The fourth-order valence-corrected chi connectivity index (χ4v) is 5.52. The highest BCUT2D eigenvalue weighted by atomic mass is 32.2. The molecule has 1 heterocycles. The highest BCUT2D eigenvalue weighted by Gasteiger charge is 2.50. The third kappa shape index (κ3) is 8.96. The largest absolute Gasteiger partial charge is 0.457 e. The van der Waals surface area contributed by atoms with Crippen molar-refractivity contribution in [3.05, 3.63) is 60.2 Å². The van der Waals surface area contributed by atoms with Crippen LogP contribution in [0.15, 0.2) is 64.4 Å². The summed E-state index contributed by atoms with van der Waals surface area (Å²) in [5.41, 5.74) is 0.892. The lowest BCUT2D eigenvalue weighted by atomic mass is 9.99.